The fourth-order valence-electron chi connectivity index (χ4n) is 2.62. The SMILES string of the molecule is CCN(C)C1CCN(Cc2ccccc2)CC1. The van der Waals surface area contributed by atoms with Crippen LogP contribution < -0.4 is 0 Å². The number of hydrogen-bond donors (Lipinski definition) is 0. The van der Waals surface area contributed by atoms with Gasteiger partial charge < -0.3 is 4.90 Å². The van der Waals surface area contributed by atoms with Crippen LogP contribution in [0.25, 0.3) is 0 Å². The van der Waals surface area contributed by atoms with Crippen LogP contribution in [0.5, 0.6) is 0 Å². The van der Waals surface area contributed by atoms with Crippen LogP contribution >= 0.6 is 0 Å². The maximum absolute atomic E-state index is 2.58. The predicted molar refractivity (Wildman–Crippen MR) is 73.0 cm³/mol. The summed E-state index contributed by atoms with van der Waals surface area (Å²) < 4.78 is 0. The maximum atomic E-state index is 2.58. The van der Waals surface area contributed by atoms with Gasteiger partial charge in [-0.1, -0.05) is 37.3 Å². The number of piperidine rings is 1. The second kappa shape index (κ2) is 6.18. The first-order chi connectivity index (χ1) is 8.29. The molecule has 0 spiro atoms. The lowest BCUT2D eigenvalue weighted by molar-refractivity contribution is 0.127. The summed E-state index contributed by atoms with van der Waals surface area (Å²) >= 11 is 0. The first kappa shape index (κ1) is 12.6. The zero-order chi connectivity index (χ0) is 12.1. The molecule has 1 aromatic rings. The molecule has 0 amide bonds. The van der Waals surface area contributed by atoms with Crippen molar-refractivity contribution in [2.24, 2.45) is 0 Å². The van der Waals surface area contributed by atoms with E-state index in [0.29, 0.717) is 0 Å². The summed E-state index contributed by atoms with van der Waals surface area (Å²) in [6, 6.07) is 11.6. The van der Waals surface area contributed by atoms with Gasteiger partial charge in [0.25, 0.3) is 0 Å². The molecule has 1 aliphatic heterocycles. The van der Waals surface area contributed by atoms with E-state index in [0.717, 1.165) is 12.6 Å². The molecule has 0 radical (unpaired) electrons. The van der Waals surface area contributed by atoms with Gasteiger partial charge in [-0.15, -0.1) is 0 Å². The van der Waals surface area contributed by atoms with Crippen molar-refractivity contribution in [3.63, 3.8) is 0 Å². The van der Waals surface area contributed by atoms with Crippen LogP contribution in [0.15, 0.2) is 30.3 Å². The summed E-state index contributed by atoms with van der Waals surface area (Å²) in [6.45, 7) is 7.01. The number of likely N-dealkylation sites (tertiary alicyclic amines) is 1. The average Bonchev–Trinajstić information content (AvgIpc) is 2.40. The second-order valence-corrected chi connectivity index (χ2v) is 5.07. The molecule has 1 aliphatic rings. The van der Waals surface area contributed by atoms with E-state index in [1.165, 1.54) is 38.0 Å². The molecule has 0 bridgehead atoms. The molecule has 0 aromatic heterocycles. The Morgan fingerprint density at radius 2 is 1.82 bits per heavy atom. The van der Waals surface area contributed by atoms with E-state index >= 15 is 0 Å². The molecule has 0 saturated carbocycles. The molecule has 94 valence electrons. The highest BCUT2D eigenvalue weighted by molar-refractivity contribution is 5.14. The molecule has 1 saturated heterocycles. The van der Waals surface area contributed by atoms with Gasteiger partial charge >= 0.3 is 0 Å². The van der Waals surface area contributed by atoms with Crippen molar-refractivity contribution in [1.82, 2.24) is 9.80 Å². The third-order valence-electron chi connectivity index (χ3n) is 3.93. The van der Waals surface area contributed by atoms with Crippen LogP contribution in [0.1, 0.15) is 25.3 Å². The largest absolute Gasteiger partial charge is 0.304 e. The second-order valence-electron chi connectivity index (χ2n) is 5.07. The standard InChI is InChI=1S/C15H24N2/c1-3-16(2)15-9-11-17(12-10-15)13-14-7-5-4-6-8-14/h4-8,15H,3,9-13H2,1-2H3. The highest BCUT2D eigenvalue weighted by Crippen LogP contribution is 2.17. The fourth-order valence-corrected chi connectivity index (χ4v) is 2.62. The van der Waals surface area contributed by atoms with Gasteiger partial charge in [-0.05, 0) is 45.1 Å². The fraction of sp³-hybridized carbons (Fsp3) is 0.600. The Labute approximate surface area is 105 Å². The quantitative estimate of drug-likeness (QED) is 0.787. The summed E-state index contributed by atoms with van der Waals surface area (Å²) in [6.07, 6.45) is 2.63. The van der Waals surface area contributed by atoms with E-state index in [2.05, 4.69) is 54.1 Å². The monoisotopic (exact) mass is 232 g/mol. The minimum atomic E-state index is 0.798. The Morgan fingerprint density at radius 3 is 2.41 bits per heavy atom. The molecule has 1 aromatic carbocycles. The summed E-state index contributed by atoms with van der Waals surface area (Å²) in [5.41, 5.74) is 1.44. The molecular formula is C15H24N2. The van der Waals surface area contributed by atoms with Crippen LogP contribution in [-0.4, -0.2) is 42.5 Å². The lowest BCUT2D eigenvalue weighted by Gasteiger charge is -2.36. The molecule has 1 fully saturated rings. The molecule has 0 N–H and O–H groups in total. The van der Waals surface area contributed by atoms with E-state index in [4.69, 9.17) is 0 Å². The third kappa shape index (κ3) is 3.55. The zero-order valence-electron chi connectivity index (χ0n) is 11.1. The van der Waals surface area contributed by atoms with Crippen LogP contribution in [-0.2, 0) is 6.54 Å². The van der Waals surface area contributed by atoms with Crippen molar-refractivity contribution in [1.29, 1.82) is 0 Å². The van der Waals surface area contributed by atoms with Gasteiger partial charge in [0.2, 0.25) is 0 Å². The van der Waals surface area contributed by atoms with Crippen molar-refractivity contribution in [2.45, 2.75) is 32.4 Å². The van der Waals surface area contributed by atoms with E-state index in [1.54, 1.807) is 0 Å². The zero-order valence-corrected chi connectivity index (χ0v) is 11.1. The summed E-state index contributed by atoms with van der Waals surface area (Å²) in [5.74, 6) is 0. The van der Waals surface area contributed by atoms with Gasteiger partial charge in [0.15, 0.2) is 0 Å². The van der Waals surface area contributed by atoms with Crippen LogP contribution in [0.3, 0.4) is 0 Å². The predicted octanol–water partition coefficient (Wildman–Crippen LogP) is 2.60. The molecule has 2 heteroatoms. The third-order valence-corrected chi connectivity index (χ3v) is 3.93. The number of rotatable bonds is 4. The molecule has 17 heavy (non-hydrogen) atoms. The van der Waals surface area contributed by atoms with Gasteiger partial charge in [-0.25, -0.2) is 0 Å². The van der Waals surface area contributed by atoms with Crippen molar-refractivity contribution in [3.8, 4) is 0 Å². The Bertz CT molecular complexity index is 315. The van der Waals surface area contributed by atoms with Gasteiger partial charge in [-0.2, -0.15) is 0 Å². The minimum absolute atomic E-state index is 0.798. The topological polar surface area (TPSA) is 6.48 Å². The van der Waals surface area contributed by atoms with Gasteiger partial charge in [0, 0.05) is 12.6 Å². The smallest absolute Gasteiger partial charge is 0.0233 e. The molecule has 0 atom stereocenters. The molecule has 0 unspecified atom stereocenters. The Balaban J connectivity index is 1.80. The maximum Gasteiger partial charge on any atom is 0.0233 e. The lowest BCUT2D eigenvalue weighted by Crippen LogP contribution is -2.42. The lowest BCUT2D eigenvalue weighted by atomic mass is 10.0. The van der Waals surface area contributed by atoms with E-state index < -0.39 is 0 Å². The highest BCUT2D eigenvalue weighted by Gasteiger charge is 2.21. The van der Waals surface area contributed by atoms with Crippen LogP contribution in [0.4, 0.5) is 0 Å². The Hall–Kier alpha value is -0.860. The normalized spacial score (nSPS) is 18.8. The van der Waals surface area contributed by atoms with Crippen molar-refractivity contribution in [3.05, 3.63) is 35.9 Å². The van der Waals surface area contributed by atoms with Gasteiger partial charge in [0.1, 0.15) is 0 Å². The Morgan fingerprint density at radius 1 is 1.18 bits per heavy atom. The minimum Gasteiger partial charge on any atom is -0.304 e. The highest BCUT2D eigenvalue weighted by atomic mass is 15.2. The molecule has 2 rings (SSSR count). The van der Waals surface area contributed by atoms with E-state index in [1.807, 2.05) is 0 Å². The summed E-state index contributed by atoms with van der Waals surface area (Å²) in [7, 11) is 2.25. The van der Waals surface area contributed by atoms with E-state index in [9.17, 15) is 0 Å². The molecular weight excluding hydrogens is 208 g/mol. The van der Waals surface area contributed by atoms with Gasteiger partial charge in [-0.3, -0.25) is 4.90 Å². The van der Waals surface area contributed by atoms with E-state index in [-0.39, 0.29) is 0 Å². The number of nitrogens with zero attached hydrogens (tertiary/aromatic N) is 2. The summed E-state index contributed by atoms with van der Waals surface area (Å²) in [4.78, 5) is 5.06. The molecule has 2 nitrogen and oxygen atoms in total. The van der Waals surface area contributed by atoms with Gasteiger partial charge in [0.05, 0.1) is 0 Å². The van der Waals surface area contributed by atoms with Crippen molar-refractivity contribution >= 4 is 0 Å². The summed E-state index contributed by atoms with van der Waals surface area (Å²) in [5, 5.41) is 0. The average molecular weight is 232 g/mol. The van der Waals surface area contributed by atoms with Crippen LogP contribution in [0, 0.1) is 0 Å². The van der Waals surface area contributed by atoms with Crippen molar-refractivity contribution < 1.29 is 0 Å². The first-order valence-electron chi connectivity index (χ1n) is 6.76. The van der Waals surface area contributed by atoms with Crippen molar-refractivity contribution in [2.75, 3.05) is 26.7 Å². The number of benzene rings is 1. The molecule has 1 heterocycles. The number of hydrogen-bond acceptors (Lipinski definition) is 2. The Kier molecular flexibility index (Phi) is 4.57. The van der Waals surface area contributed by atoms with Crippen LogP contribution in [0.2, 0.25) is 0 Å². The molecule has 0 aliphatic carbocycles. The first-order valence-corrected chi connectivity index (χ1v) is 6.76.